The number of phenolic OH excluding ortho intramolecular Hbond substituents is 1. The first kappa shape index (κ1) is 12.7. The predicted octanol–water partition coefficient (Wildman–Crippen LogP) is 4.21. The molecule has 2 aromatic rings. The molecule has 0 unspecified atom stereocenters. The van der Waals surface area contributed by atoms with Crippen molar-refractivity contribution >= 4 is 17.8 Å². The van der Waals surface area contributed by atoms with Crippen molar-refractivity contribution in [1.82, 2.24) is 4.98 Å². The first-order valence-electron chi connectivity index (χ1n) is 5.69. The molecule has 5 heteroatoms. The zero-order chi connectivity index (χ0) is 13.7. The normalized spacial score (nSPS) is 10.4. The van der Waals surface area contributed by atoms with Crippen LogP contribution in [0.2, 0.25) is 0 Å². The third-order valence-corrected chi connectivity index (χ3v) is 2.52. The molecule has 0 atom stereocenters. The smallest absolute Gasteiger partial charge is 0.123 e. The van der Waals surface area contributed by atoms with E-state index in [1.54, 1.807) is 18.2 Å². The highest BCUT2D eigenvalue weighted by Crippen LogP contribution is 2.25. The molecular formula is C14H12N4O. The Morgan fingerprint density at radius 3 is 2.79 bits per heavy atom. The quantitative estimate of drug-likeness (QED) is 0.504. The Labute approximate surface area is 110 Å². The van der Waals surface area contributed by atoms with Gasteiger partial charge in [-0.1, -0.05) is 23.3 Å². The first-order chi connectivity index (χ1) is 9.19. The molecule has 0 aliphatic rings. The molecule has 2 rings (SSSR count). The second kappa shape index (κ2) is 5.71. The molecule has 0 amide bonds. The lowest BCUT2D eigenvalue weighted by Crippen LogP contribution is -1.83. The van der Waals surface area contributed by atoms with Gasteiger partial charge in [-0.05, 0) is 42.8 Å². The van der Waals surface area contributed by atoms with Crippen LogP contribution in [0.25, 0.3) is 22.6 Å². The van der Waals surface area contributed by atoms with Crippen LogP contribution in [0.4, 0.5) is 5.69 Å². The van der Waals surface area contributed by atoms with E-state index in [4.69, 9.17) is 5.53 Å². The number of azide groups is 1. The maximum Gasteiger partial charge on any atom is 0.123 e. The van der Waals surface area contributed by atoms with Crippen molar-refractivity contribution in [3.63, 3.8) is 0 Å². The topological polar surface area (TPSA) is 81.9 Å². The number of rotatable bonds is 3. The van der Waals surface area contributed by atoms with Crippen LogP contribution in [-0.2, 0) is 0 Å². The fraction of sp³-hybridized carbons (Fsp3) is 0.0714. The molecular weight excluding hydrogens is 240 g/mol. The van der Waals surface area contributed by atoms with Crippen LogP contribution in [0.15, 0.2) is 41.5 Å². The maximum absolute atomic E-state index is 9.80. The van der Waals surface area contributed by atoms with Gasteiger partial charge in [0.25, 0.3) is 0 Å². The Kier molecular flexibility index (Phi) is 3.81. The van der Waals surface area contributed by atoms with Crippen LogP contribution in [-0.4, -0.2) is 10.1 Å². The van der Waals surface area contributed by atoms with E-state index in [-0.39, 0.29) is 5.75 Å². The van der Waals surface area contributed by atoms with Crippen molar-refractivity contribution < 1.29 is 5.11 Å². The first-order valence-corrected chi connectivity index (χ1v) is 5.69. The molecule has 0 saturated carbocycles. The molecule has 0 spiro atoms. The summed E-state index contributed by atoms with van der Waals surface area (Å²) in [5.74, 6) is 0.0637. The number of hydrogen-bond donors (Lipinski definition) is 1. The van der Waals surface area contributed by atoms with Crippen molar-refractivity contribution in [2.24, 2.45) is 5.11 Å². The van der Waals surface area contributed by atoms with Gasteiger partial charge in [-0.25, -0.2) is 0 Å². The van der Waals surface area contributed by atoms with Crippen LogP contribution < -0.4 is 0 Å². The third kappa shape index (κ3) is 3.34. The largest absolute Gasteiger partial charge is 0.507 e. The van der Waals surface area contributed by atoms with Crippen LogP contribution in [0, 0.1) is 6.92 Å². The molecule has 1 aromatic heterocycles. The molecule has 19 heavy (non-hydrogen) atoms. The van der Waals surface area contributed by atoms with E-state index in [1.807, 2.05) is 31.2 Å². The molecule has 5 nitrogen and oxygen atoms in total. The van der Waals surface area contributed by atoms with Crippen molar-refractivity contribution in [1.29, 1.82) is 0 Å². The summed E-state index contributed by atoms with van der Waals surface area (Å²) in [7, 11) is 0. The number of aromatic hydroxyl groups is 1. The van der Waals surface area contributed by atoms with E-state index < -0.39 is 0 Å². The monoisotopic (exact) mass is 252 g/mol. The SMILES string of the molecule is Cc1cccc(C=Cc2ccc(N=[N+]=[N-])cc2O)n1. The Balaban J connectivity index is 2.26. The van der Waals surface area contributed by atoms with E-state index in [0.29, 0.717) is 11.3 Å². The van der Waals surface area contributed by atoms with Gasteiger partial charge in [0.05, 0.1) is 5.69 Å². The van der Waals surface area contributed by atoms with Gasteiger partial charge in [0.1, 0.15) is 5.75 Å². The van der Waals surface area contributed by atoms with Crippen molar-refractivity contribution in [2.75, 3.05) is 0 Å². The van der Waals surface area contributed by atoms with E-state index in [1.165, 1.54) is 6.07 Å². The van der Waals surface area contributed by atoms with Crippen molar-refractivity contribution in [3.8, 4) is 5.75 Å². The highest BCUT2D eigenvalue weighted by atomic mass is 16.3. The summed E-state index contributed by atoms with van der Waals surface area (Å²) >= 11 is 0. The lowest BCUT2D eigenvalue weighted by Gasteiger charge is -2.00. The second-order valence-corrected chi connectivity index (χ2v) is 3.97. The second-order valence-electron chi connectivity index (χ2n) is 3.97. The number of aromatic nitrogens is 1. The molecule has 0 aliphatic heterocycles. The minimum Gasteiger partial charge on any atom is -0.507 e. The van der Waals surface area contributed by atoms with E-state index in [9.17, 15) is 5.11 Å². The highest BCUT2D eigenvalue weighted by Gasteiger charge is 1.98. The number of aryl methyl sites for hydroxylation is 1. The molecule has 0 bridgehead atoms. The lowest BCUT2D eigenvalue weighted by atomic mass is 10.1. The fourth-order valence-corrected chi connectivity index (χ4v) is 1.62. The predicted molar refractivity (Wildman–Crippen MR) is 74.8 cm³/mol. The molecule has 1 N–H and O–H groups in total. The summed E-state index contributed by atoms with van der Waals surface area (Å²) in [6.07, 6.45) is 3.58. The van der Waals surface area contributed by atoms with E-state index >= 15 is 0 Å². The number of benzene rings is 1. The molecule has 1 aromatic carbocycles. The van der Waals surface area contributed by atoms with Gasteiger partial charge in [-0.2, -0.15) is 0 Å². The third-order valence-electron chi connectivity index (χ3n) is 2.52. The van der Waals surface area contributed by atoms with Gasteiger partial charge in [0.15, 0.2) is 0 Å². The van der Waals surface area contributed by atoms with E-state index in [2.05, 4.69) is 15.0 Å². The minimum absolute atomic E-state index is 0.0637. The van der Waals surface area contributed by atoms with Gasteiger partial charge >= 0.3 is 0 Å². The molecule has 0 aliphatic carbocycles. The number of hydrogen-bond acceptors (Lipinski definition) is 3. The zero-order valence-corrected chi connectivity index (χ0v) is 10.4. The summed E-state index contributed by atoms with van der Waals surface area (Å²) in [5, 5.41) is 13.2. The van der Waals surface area contributed by atoms with Crippen LogP contribution in [0.3, 0.4) is 0 Å². The summed E-state index contributed by atoms with van der Waals surface area (Å²) in [5.41, 5.74) is 11.1. The summed E-state index contributed by atoms with van der Waals surface area (Å²) < 4.78 is 0. The summed E-state index contributed by atoms with van der Waals surface area (Å²) in [6, 6.07) is 10.5. The van der Waals surface area contributed by atoms with E-state index in [0.717, 1.165) is 11.4 Å². The molecule has 0 fully saturated rings. The van der Waals surface area contributed by atoms with Gasteiger partial charge < -0.3 is 5.11 Å². The lowest BCUT2D eigenvalue weighted by molar-refractivity contribution is 0.474. The Morgan fingerprint density at radius 1 is 1.26 bits per heavy atom. The summed E-state index contributed by atoms with van der Waals surface area (Å²) in [4.78, 5) is 7.00. The Bertz CT molecular complexity index is 673. The molecule has 0 radical (unpaired) electrons. The van der Waals surface area contributed by atoms with Gasteiger partial charge in [-0.3, -0.25) is 4.98 Å². The maximum atomic E-state index is 9.80. The van der Waals surface area contributed by atoms with Crippen LogP contribution >= 0.6 is 0 Å². The Hall–Kier alpha value is -2.78. The average molecular weight is 252 g/mol. The molecule has 94 valence electrons. The van der Waals surface area contributed by atoms with Crippen molar-refractivity contribution in [2.45, 2.75) is 6.92 Å². The average Bonchev–Trinajstić information content (AvgIpc) is 2.38. The van der Waals surface area contributed by atoms with Crippen LogP contribution in [0.1, 0.15) is 17.0 Å². The van der Waals surface area contributed by atoms with Gasteiger partial charge in [0.2, 0.25) is 0 Å². The summed E-state index contributed by atoms with van der Waals surface area (Å²) in [6.45, 7) is 1.92. The standard InChI is InChI=1S/C14H12N4O/c1-10-3-2-4-12(16-10)7-5-11-6-8-13(17-18-15)9-14(11)19/h2-9,19H,1H3. The van der Waals surface area contributed by atoms with Crippen molar-refractivity contribution in [3.05, 3.63) is 63.8 Å². The number of phenols is 1. The zero-order valence-electron chi connectivity index (χ0n) is 10.4. The van der Waals surface area contributed by atoms with Gasteiger partial charge in [0, 0.05) is 21.9 Å². The number of pyridine rings is 1. The van der Waals surface area contributed by atoms with Crippen LogP contribution in [0.5, 0.6) is 5.75 Å². The molecule has 0 saturated heterocycles. The Morgan fingerprint density at radius 2 is 2.11 bits per heavy atom. The minimum atomic E-state index is 0.0637. The van der Waals surface area contributed by atoms with Gasteiger partial charge in [-0.15, -0.1) is 0 Å². The fourth-order valence-electron chi connectivity index (χ4n) is 1.62. The molecule has 1 heterocycles. The highest BCUT2D eigenvalue weighted by molar-refractivity contribution is 5.72. The number of nitrogens with zero attached hydrogens (tertiary/aromatic N) is 4.